The average molecular weight is 699 g/mol. The van der Waals surface area contributed by atoms with E-state index in [0.717, 1.165) is 88.2 Å². The van der Waals surface area contributed by atoms with E-state index in [-0.39, 0.29) is 0 Å². The molecule has 49 heavy (non-hydrogen) atoms. The Hall–Kier alpha value is -2.01. The first-order valence-electron chi connectivity index (χ1n) is 20.5. The monoisotopic (exact) mass is 699 g/mol. The molecule has 0 aliphatic carbocycles. The van der Waals surface area contributed by atoms with Gasteiger partial charge in [0, 0.05) is 0 Å². The molecule has 0 spiro atoms. The molecule has 0 aliphatic heterocycles. The lowest BCUT2D eigenvalue weighted by atomic mass is 9.88. The van der Waals surface area contributed by atoms with Gasteiger partial charge in [-0.3, -0.25) is 0 Å². The van der Waals surface area contributed by atoms with Crippen LogP contribution in [0.5, 0.6) is 11.5 Å². The minimum Gasteiger partial charge on any atom is -0.353 e. The van der Waals surface area contributed by atoms with E-state index in [0.29, 0.717) is 35.2 Å². The van der Waals surface area contributed by atoms with Crippen LogP contribution < -0.4 is 8.37 Å². The fraction of sp³-hybridized carbons (Fsp3) is 0.727. The van der Waals surface area contributed by atoms with Crippen LogP contribution in [0.1, 0.15) is 180 Å². The van der Waals surface area contributed by atoms with E-state index in [4.69, 9.17) is 8.37 Å². The molecule has 4 unspecified atom stereocenters. The summed E-state index contributed by atoms with van der Waals surface area (Å²) < 4.78 is 39.3. The molecule has 0 aliphatic rings. The van der Waals surface area contributed by atoms with E-state index < -0.39 is 10.4 Å². The van der Waals surface area contributed by atoms with Gasteiger partial charge in [0.15, 0.2) is 0 Å². The second kappa shape index (κ2) is 24.2. The largest absolute Gasteiger partial charge is 0.501 e. The zero-order valence-electron chi connectivity index (χ0n) is 33.0. The van der Waals surface area contributed by atoms with E-state index >= 15 is 0 Å². The van der Waals surface area contributed by atoms with Crippen LogP contribution in [0, 0.1) is 23.7 Å². The van der Waals surface area contributed by atoms with Crippen LogP contribution >= 0.6 is 0 Å². The smallest absolute Gasteiger partial charge is 0.353 e. The lowest BCUT2D eigenvalue weighted by molar-refractivity contribution is 0.381. The van der Waals surface area contributed by atoms with Crippen molar-refractivity contribution in [3.63, 3.8) is 0 Å². The van der Waals surface area contributed by atoms with Crippen LogP contribution in [-0.4, -0.2) is 8.42 Å². The van der Waals surface area contributed by atoms with Gasteiger partial charge in [-0.15, -0.1) is 8.42 Å². The number of hydrogen-bond acceptors (Lipinski definition) is 4. The van der Waals surface area contributed by atoms with Crippen molar-refractivity contribution in [2.45, 2.75) is 184 Å². The molecule has 280 valence electrons. The summed E-state index contributed by atoms with van der Waals surface area (Å²) in [6.45, 7) is 18.0. The summed E-state index contributed by atoms with van der Waals surface area (Å²) in [5, 5.41) is 0. The molecular weight excluding hydrogens is 625 g/mol. The van der Waals surface area contributed by atoms with E-state index in [2.05, 4.69) is 79.7 Å². The Bertz CT molecular complexity index is 1180. The second-order valence-corrected chi connectivity index (χ2v) is 16.1. The van der Waals surface area contributed by atoms with Crippen molar-refractivity contribution >= 4 is 10.4 Å². The molecule has 0 aromatic heterocycles. The second-order valence-electron chi connectivity index (χ2n) is 14.9. The van der Waals surface area contributed by atoms with Crippen LogP contribution in [0.4, 0.5) is 0 Å². The van der Waals surface area contributed by atoms with E-state index in [9.17, 15) is 8.42 Å². The number of hydrogen-bond donors (Lipinski definition) is 0. The number of unbranched alkanes of at least 4 members (excludes halogenated alkanes) is 4. The average Bonchev–Trinajstić information content (AvgIpc) is 3.10. The molecule has 0 amide bonds. The molecule has 5 heteroatoms. The predicted octanol–water partition coefficient (Wildman–Crippen LogP) is 13.4. The summed E-state index contributed by atoms with van der Waals surface area (Å²) in [6.07, 6.45) is 22.4. The third kappa shape index (κ3) is 16.3. The zero-order chi connectivity index (χ0) is 36.1. The summed E-state index contributed by atoms with van der Waals surface area (Å²) in [4.78, 5) is 0. The Morgan fingerprint density at radius 3 is 1.06 bits per heavy atom. The van der Waals surface area contributed by atoms with Crippen LogP contribution in [0.15, 0.2) is 36.4 Å². The molecule has 0 fully saturated rings. The first-order valence-corrected chi connectivity index (χ1v) is 21.9. The van der Waals surface area contributed by atoms with E-state index in [1.54, 1.807) is 0 Å². The van der Waals surface area contributed by atoms with Crippen molar-refractivity contribution < 1.29 is 16.8 Å². The van der Waals surface area contributed by atoms with Gasteiger partial charge in [0.25, 0.3) is 0 Å². The van der Waals surface area contributed by atoms with Crippen LogP contribution in [0.25, 0.3) is 0 Å². The molecule has 2 rings (SSSR count). The van der Waals surface area contributed by atoms with Crippen molar-refractivity contribution in [2.24, 2.45) is 23.7 Å². The third-order valence-corrected chi connectivity index (χ3v) is 11.6. The highest BCUT2D eigenvalue weighted by atomic mass is 32.3. The summed E-state index contributed by atoms with van der Waals surface area (Å²) in [7, 11) is -4.36. The van der Waals surface area contributed by atoms with E-state index in [1.807, 2.05) is 12.1 Å². The normalized spacial score (nSPS) is 14.4. The van der Waals surface area contributed by atoms with Crippen LogP contribution in [0.2, 0.25) is 0 Å². The number of rotatable bonds is 28. The Morgan fingerprint density at radius 2 is 0.776 bits per heavy atom. The van der Waals surface area contributed by atoms with Gasteiger partial charge >= 0.3 is 10.4 Å². The molecule has 0 saturated carbocycles. The van der Waals surface area contributed by atoms with Crippen molar-refractivity contribution in [1.29, 1.82) is 0 Å². The molecule has 0 radical (unpaired) electrons. The summed E-state index contributed by atoms with van der Waals surface area (Å²) in [5.41, 5.74) is 4.51. The van der Waals surface area contributed by atoms with Crippen molar-refractivity contribution in [2.75, 3.05) is 0 Å². The maximum absolute atomic E-state index is 13.7. The minimum atomic E-state index is -4.36. The molecule has 0 heterocycles. The number of benzene rings is 2. The topological polar surface area (TPSA) is 52.6 Å². The van der Waals surface area contributed by atoms with E-state index in [1.165, 1.54) is 62.5 Å². The minimum absolute atomic E-state index is 0.412. The third-order valence-electron chi connectivity index (χ3n) is 10.9. The summed E-state index contributed by atoms with van der Waals surface area (Å²) in [5.74, 6) is 3.07. The van der Waals surface area contributed by atoms with Gasteiger partial charge in [0.2, 0.25) is 0 Å². The first-order chi connectivity index (χ1) is 23.6. The molecule has 2 aromatic rings. The van der Waals surface area contributed by atoms with Crippen molar-refractivity contribution in [1.82, 2.24) is 0 Å². The Morgan fingerprint density at radius 1 is 0.469 bits per heavy atom. The van der Waals surface area contributed by atoms with Gasteiger partial charge < -0.3 is 8.37 Å². The molecule has 0 N–H and O–H groups in total. The van der Waals surface area contributed by atoms with Crippen molar-refractivity contribution in [3.8, 4) is 11.5 Å². The van der Waals surface area contributed by atoms with Gasteiger partial charge in [-0.1, -0.05) is 182 Å². The lowest BCUT2D eigenvalue weighted by Crippen LogP contribution is -2.19. The summed E-state index contributed by atoms with van der Waals surface area (Å²) >= 11 is 0. The Kier molecular flexibility index (Phi) is 21.3. The molecule has 2 aromatic carbocycles. The zero-order valence-corrected chi connectivity index (χ0v) is 33.8. The fourth-order valence-corrected chi connectivity index (χ4v) is 8.10. The van der Waals surface area contributed by atoms with Gasteiger partial charge in [0.1, 0.15) is 11.5 Å². The lowest BCUT2D eigenvalue weighted by Gasteiger charge is -2.21. The molecule has 0 bridgehead atoms. The SMILES string of the molecule is CCCCC(CC)Cc1ccc(OS(=O)(=O)Oc2ccc(CC(CC)CCCC)cc2CC(CC)CCCC)c(CC(CC)CCCC)c1. The van der Waals surface area contributed by atoms with Crippen LogP contribution in [-0.2, 0) is 36.1 Å². The quantitative estimate of drug-likeness (QED) is 0.0887. The maximum atomic E-state index is 13.7. The van der Waals surface area contributed by atoms with Gasteiger partial charge in [-0.05, 0) is 83.7 Å². The Labute approximate surface area is 303 Å². The van der Waals surface area contributed by atoms with Crippen LogP contribution in [0.3, 0.4) is 0 Å². The molecule has 4 nitrogen and oxygen atoms in total. The predicted molar refractivity (Wildman–Crippen MR) is 211 cm³/mol. The molecule has 0 saturated heterocycles. The highest BCUT2D eigenvalue weighted by molar-refractivity contribution is 7.82. The standard InChI is InChI=1S/C44H74O4S/c1-9-17-21-35(13-5)29-39-25-27-43(41(33-39)31-37(15-7)23-19-11-3)47-49(45,46)48-44-28-26-40(30-36(14-6)22-18-10-2)34-42(44)32-38(16-8)24-20-12-4/h25-28,33-38H,9-24,29-32H2,1-8H3. The first kappa shape index (κ1) is 43.2. The van der Waals surface area contributed by atoms with Gasteiger partial charge in [-0.2, -0.15) is 0 Å². The molecular formula is C44H74O4S. The maximum Gasteiger partial charge on any atom is 0.501 e. The van der Waals surface area contributed by atoms with Gasteiger partial charge in [0.05, 0.1) is 0 Å². The Balaban J connectivity index is 2.43. The van der Waals surface area contributed by atoms with Gasteiger partial charge in [-0.25, -0.2) is 0 Å². The summed E-state index contributed by atoms with van der Waals surface area (Å²) in [6, 6.07) is 12.3. The highest BCUT2D eigenvalue weighted by Crippen LogP contribution is 2.33. The molecule has 4 atom stereocenters. The highest BCUT2D eigenvalue weighted by Gasteiger charge is 2.23. The van der Waals surface area contributed by atoms with Crippen molar-refractivity contribution in [3.05, 3.63) is 58.7 Å². The fourth-order valence-electron chi connectivity index (χ4n) is 7.30.